The summed E-state index contributed by atoms with van der Waals surface area (Å²) < 4.78 is 39.6. The molecule has 2 unspecified atom stereocenters. The summed E-state index contributed by atoms with van der Waals surface area (Å²) in [5, 5.41) is 6.22. The van der Waals surface area contributed by atoms with Gasteiger partial charge in [-0.25, -0.2) is 18.4 Å². The number of halogens is 2. The molecular weight excluding hydrogens is 622 g/mol. The number of Topliss-reactive ketones (excluding diaryl/α,β-unsaturated/α-hetero) is 2. The van der Waals surface area contributed by atoms with Crippen molar-refractivity contribution in [3.63, 3.8) is 0 Å². The summed E-state index contributed by atoms with van der Waals surface area (Å²) >= 11 is 0. The van der Waals surface area contributed by atoms with Crippen molar-refractivity contribution >= 4 is 23.6 Å². The monoisotopic (exact) mass is 664 g/mol. The van der Waals surface area contributed by atoms with Crippen LogP contribution >= 0.6 is 0 Å². The molecular formula is C36H42F2N4O6. The van der Waals surface area contributed by atoms with Gasteiger partial charge < -0.3 is 29.9 Å². The number of carbonyl (C=O) groups excluding carboxylic acids is 4. The van der Waals surface area contributed by atoms with Crippen molar-refractivity contribution in [1.82, 2.24) is 20.4 Å². The van der Waals surface area contributed by atoms with Crippen molar-refractivity contribution in [3.8, 4) is 11.5 Å². The highest BCUT2D eigenvalue weighted by atomic mass is 19.1. The van der Waals surface area contributed by atoms with E-state index in [0.29, 0.717) is 88.3 Å². The average Bonchev–Trinajstić information content (AvgIpc) is 3.08. The smallest absolute Gasteiger partial charge is 0.317 e. The predicted molar refractivity (Wildman–Crippen MR) is 171 cm³/mol. The van der Waals surface area contributed by atoms with E-state index in [1.807, 2.05) is 0 Å². The number of carbonyl (C=O) groups is 4. The first-order valence-corrected chi connectivity index (χ1v) is 17.2. The van der Waals surface area contributed by atoms with E-state index in [2.05, 4.69) is 10.6 Å². The molecule has 1 aliphatic carbocycles. The first-order valence-electron chi connectivity index (χ1n) is 17.2. The first-order chi connectivity index (χ1) is 23.1. The Bertz CT molecular complexity index is 1490. The van der Waals surface area contributed by atoms with Crippen molar-refractivity contribution in [2.75, 3.05) is 39.3 Å². The highest BCUT2D eigenvalue weighted by molar-refractivity contribution is 6.01. The second kappa shape index (κ2) is 13.0. The Hall–Kier alpha value is -4.22. The SMILES string of the molecule is O=C1CC2(CCN(C(=O)NCC3CCCC(CNC(=O)N4CCC5(CC4)CC(=O)c4cc(F)ccc4O5)C3)CC2)Oc2ccc(F)cc21. The first kappa shape index (κ1) is 32.3. The molecule has 10 nitrogen and oxygen atoms in total. The molecule has 3 fully saturated rings. The van der Waals surface area contributed by atoms with Crippen molar-refractivity contribution < 1.29 is 37.4 Å². The molecule has 7 rings (SSSR count). The fraction of sp³-hybridized carbons (Fsp3) is 0.556. The number of likely N-dealkylation sites (tertiary alicyclic amines) is 2. The van der Waals surface area contributed by atoms with Crippen LogP contribution in [0.2, 0.25) is 0 Å². The molecule has 12 heteroatoms. The number of ether oxygens (including phenoxy) is 2. The summed E-state index contributed by atoms with van der Waals surface area (Å²) in [7, 11) is 0. The van der Waals surface area contributed by atoms with Gasteiger partial charge in [-0.2, -0.15) is 0 Å². The minimum absolute atomic E-state index is 0.118. The Morgan fingerprint density at radius 2 is 1.12 bits per heavy atom. The maximum atomic E-state index is 13.6. The largest absolute Gasteiger partial charge is 0.486 e. The average molecular weight is 665 g/mol. The summed E-state index contributed by atoms with van der Waals surface area (Å²) in [5.41, 5.74) is -0.754. The van der Waals surface area contributed by atoms with Gasteiger partial charge in [0.2, 0.25) is 0 Å². The van der Waals surface area contributed by atoms with Crippen LogP contribution in [0.15, 0.2) is 36.4 Å². The predicted octanol–water partition coefficient (Wildman–Crippen LogP) is 5.49. The lowest BCUT2D eigenvalue weighted by Gasteiger charge is -2.44. The van der Waals surface area contributed by atoms with Gasteiger partial charge in [0.25, 0.3) is 0 Å². The molecule has 256 valence electrons. The molecule has 5 aliphatic rings. The third-order valence-corrected chi connectivity index (χ3v) is 11.0. The lowest BCUT2D eigenvalue weighted by molar-refractivity contribution is -0.00163. The molecule has 48 heavy (non-hydrogen) atoms. The number of nitrogens with one attached hydrogen (secondary N) is 2. The highest BCUT2D eigenvalue weighted by Crippen LogP contribution is 2.41. The van der Waals surface area contributed by atoms with Crippen LogP contribution in [0.3, 0.4) is 0 Å². The van der Waals surface area contributed by atoms with E-state index >= 15 is 0 Å². The quantitative estimate of drug-likeness (QED) is 0.447. The van der Waals surface area contributed by atoms with Gasteiger partial charge in [-0.15, -0.1) is 0 Å². The minimum Gasteiger partial charge on any atom is -0.486 e. The summed E-state index contributed by atoms with van der Waals surface area (Å²) in [6.45, 7) is 3.04. The summed E-state index contributed by atoms with van der Waals surface area (Å²) in [6.07, 6.45) is 6.50. The van der Waals surface area contributed by atoms with E-state index in [1.165, 1.54) is 36.4 Å². The Morgan fingerprint density at radius 1 is 0.708 bits per heavy atom. The maximum Gasteiger partial charge on any atom is 0.317 e. The molecule has 4 amide bonds. The Kier molecular flexibility index (Phi) is 8.76. The molecule has 0 aromatic heterocycles. The number of benzene rings is 2. The molecule has 4 aliphatic heterocycles. The number of hydrogen-bond acceptors (Lipinski definition) is 6. The number of ketones is 2. The zero-order chi connectivity index (χ0) is 33.5. The number of piperidine rings is 2. The third kappa shape index (κ3) is 6.71. The van der Waals surface area contributed by atoms with Gasteiger partial charge in [0, 0.05) is 65.0 Å². The van der Waals surface area contributed by atoms with Crippen LogP contribution in [0.1, 0.15) is 84.9 Å². The lowest BCUT2D eigenvalue weighted by Crippen LogP contribution is -2.54. The summed E-state index contributed by atoms with van der Waals surface area (Å²) in [5.74, 6) is 0.298. The van der Waals surface area contributed by atoms with Crippen molar-refractivity contribution in [3.05, 3.63) is 59.2 Å². The third-order valence-electron chi connectivity index (χ3n) is 11.0. The summed E-state index contributed by atoms with van der Waals surface area (Å²) in [4.78, 5) is 55.1. The topological polar surface area (TPSA) is 117 Å². The van der Waals surface area contributed by atoms with E-state index in [4.69, 9.17) is 9.47 Å². The number of urea groups is 2. The number of amides is 4. The van der Waals surface area contributed by atoms with Crippen LogP contribution in [0.5, 0.6) is 11.5 Å². The second-order valence-electron chi connectivity index (χ2n) is 14.3. The van der Waals surface area contributed by atoms with Crippen molar-refractivity contribution in [1.29, 1.82) is 0 Å². The van der Waals surface area contributed by atoms with E-state index in [0.717, 1.165) is 25.7 Å². The molecule has 2 aromatic rings. The van der Waals surface area contributed by atoms with Crippen LogP contribution in [-0.4, -0.2) is 83.9 Å². The molecule has 2 N–H and O–H groups in total. The van der Waals surface area contributed by atoms with Gasteiger partial charge in [-0.1, -0.05) is 6.42 Å². The Morgan fingerprint density at radius 3 is 1.54 bits per heavy atom. The van der Waals surface area contributed by atoms with Gasteiger partial charge >= 0.3 is 12.1 Å². The Balaban J connectivity index is 0.823. The Labute approximate surface area is 278 Å². The van der Waals surface area contributed by atoms with Crippen LogP contribution in [0.4, 0.5) is 18.4 Å². The van der Waals surface area contributed by atoms with E-state index in [9.17, 15) is 28.0 Å². The molecule has 4 heterocycles. The normalized spacial score (nSPS) is 24.3. The highest BCUT2D eigenvalue weighted by Gasteiger charge is 2.45. The second-order valence-corrected chi connectivity index (χ2v) is 14.3. The molecule has 0 bridgehead atoms. The fourth-order valence-electron chi connectivity index (χ4n) is 8.18. The van der Waals surface area contributed by atoms with Crippen LogP contribution in [0, 0.1) is 23.5 Å². The number of fused-ring (bicyclic) bond motifs is 2. The standard InChI is InChI=1S/C36H42F2N4O6/c37-25-4-6-31-27(17-25)29(43)19-35(47-31)8-12-41(13-9-35)33(45)39-21-23-2-1-3-24(16-23)22-40-34(46)42-14-10-36(11-15-42)20-30(44)28-18-26(38)5-7-32(28)48-36/h4-7,17-18,23-24H,1-3,8-16,19-22H2,(H,39,45)(H,40,46). The van der Waals surface area contributed by atoms with Crippen LogP contribution in [0.25, 0.3) is 0 Å². The van der Waals surface area contributed by atoms with Gasteiger partial charge in [0.1, 0.15) is 34.3 Å². The zero-order valence-electron chi connectivity index (χ0n) is 27.0. The lowest BCUT2D eigenvalue weighted by atomic mass is 9.81. The van der Waals surface area contributed by atoms with Gasteiger partial charge in [0.15, 0.2) is 11.6 Å². The minimum atomic E-state index is -0.661. The van der Waals surface area contributed by atoms with E-state index < -0.39 is 22.8 Å². The number of hydrogen-bond donors (Lipinski definition) is 2. The van der Waals surface area contributed by atoms with Crippen molar-refractivity contribution in [2.45, 2.75) is 75.4 Å². The summed E-state index contributed by atoms with van der Waals surface area (Å²) in [6, 6.07) is 7.82. The molecule has 2 atom stereocenters. The van der Waals surface area contributed by atoms with Gasteiger partial charge in [0.05, 0.1) is 24.0 Å². The number of rotatable bonds is 4. The molecule has 2 spiro atoms. The van der Waals surface area contributed by atoms with E-state index in [1.54, 1.807) is 9.80 Å². The zero-order valence-corrected chi connectivity index (χ0v) is 27.0. The molecule has 2 saturated heterocycles. The van der Waals surface area contributed by atoms with Crippen LogP contribution in [-0.2, 0) is 0 Å². The molecule has 2 aromatic carbocycles. The van der Waals surface area contributed by atoms with Crippen LogP contribution < -0.4 is 20.1 Å². The van der Waals surface area contributed by atoms with Gasteiger partial charge in [-0.05, 0) is 67.5 Å². The molecule has 0 radical (unpaired) electrons. The maximum absolute atomic E-state index is 13.6. The van der Waals surface area contributed by atoms with Crippen molar-refractivity contribution in [2.24, 2.45) is 11.8 Å². The number of nitrogens with zero attached hydrogens (tertiary/aromatic N) is 2. The fourth-order valence-corrected chi connectivity index (χ4v) is 8.18. The van der Waals surface area contributed by atoms with E-state index in [-0.39, 0.29) is 47.6 Å². The molecule has 1 saturated carbocycles. The van der Waals surface area contributed by atoms with Gasteiger partial charge in [-0.3, -0.25) is 9.59 Å².